The Labute approximate surface area is 252 Å². The van der Waals surface area contributed by atoms with Crippen LogP contribution in [0.15, 0.2) is 72.4 Å². The van der Waals surface area contributed by atoms with Crippen LogP contribution in [0.1, 0.15) is 58.8 Å². The zero-order valence-electron chi connectivity index (χ0n) is 25.8. The van der Waals surface area contributed by atoms with Crippen molar-refractivity contribution in [3.05, 3.63) is 72.4 Å². The van der Waals surface area contributed by atoms with E-state index < -0.39 is 18.2 Å². The van der Waals surface area contributed by atoms with Gasteiger partial charge in [-0.15, -0.1) is 0 Å². The van der Waals surface area contributed by atoms with Gasteiger partial charge in [0.05, 0.1) is 31.0 Å². The van der Waals surface area contributed by atoms with Crippen molar-refractivity contribution >= 4 is 5.97 Å². The molecule has 3 aliphatic heterocycles. The predicted molar refractivity (Wildman–Crippen MR) is 163 cm³/mol. The maximum Gasteiger partial charge on any atom is 0.330 e. The minimum Gasteiger partial charge on any atom is -0.456 e. The number of fused-ring (bicyclic) bond motifs is 2. The second kappa shape index (κ2) is 19.1. The van der Waals surface area contributed by atoms with Gasteiger partial charge < -0.3 is 33.2 Å². The van der Waals surface area contributed by atoms with Gasteiger partial charge in [-0.2, -0.15) is 0 Å². The molecule has 8 heteroatoms. The van der Waals surface area contributed by atoms with Gasteiger partial charge >= 0.3 is 5.97 Å². The van der Waals surface area contributed by atoms with Crippen LogP contribution in [0.25, 0.3) is 0 Å². The molecule has 234 valence electrons. The van der Waals surface area contributed by atoms with E-state index in [1.165, 1.54) is 11.6 Å². The summed E-state index contributed by atoms with van der Waals surface area (Å²) in [6.45, 7) is 9.57. The fourth-order valence-corrected chi connectivity index (χ4v) is 5.38. The Morgan fingerprint density at radius 2 is 1.88 bits per heavy atom. The first kappa shape index (κ1) is 34.2. The molecule has 7 atom stereocenters. The van der Waals surface area contributed by atoms with E-state index in [0.717, 1.165) is 31.3 Å². The van der Waals surface area contributed by atoms with Crippen LogP contribution >= 0.6 is 0 Å². The number of hydrogen-bond acceptors (Lipinski definition) is 8. The molecular formula is C34H50O8. The summed E-state index contributed by atoms with van der Waals surface area (Å²) >= 11 is 0. The summed E-state index contributed by atoms with van der Waals surface area (Å²) in [7, 11) is 3.17. The maximum absolute atomic E-state index is 13.0. The molecule has 0 amide bonds. The molecule has 0 radical (unpaired) electrons. The van der Waals surface area contributed by atoms with E-state index >= 15 is 0 Å². The van der Waals surface area contributed by atoms with Crippen LogP contribution in [-0.4, -0.2) is 77.0 Å². The Kier molecular flexibility index (Phi) is 15.5. The van der Waals surface area contributed by atoms with Gasteiger partial charge in [0.2, 0.25) is 0 Å². The third kappa shape index (κ3) is 12.9. The third-order valence-corrected chi connectivity index (χ3v) is 7.41. The minimum absolute atomic E-state index is 0.0487. The first-order valence-electron chi connectivity index (χ1n) is 15.1. The van der Waals surface area contributed by atoms with Crippen LogP contribution in [0.4, 0.5) is 0 Å². The SMILES string of the molecule is C=C1C[C@H](C)C[C@@H]2CC=C[C@@H](C/C=C\C(=O)O[C@H]([C@H](/C=C/[C@@H]3C=C(C)CCO3)OCOC)C/C=C/[C@@H](OCOC)C1)O2. The van der Waals surface area contributed by atoms with Gasteiger partial charge in [0.1, 0.15) is 25.8 Å². The molecule has 0 saturated carbocycles. The molecule has 0 aromatic carbocycles. The van der Waals surface area contributed by atoms with Crippen molar-refractivity contribution in [2.75, 3.05) is 34.4 Å². The Bertz CT molecular complexity index is 980. The number of methoxy groups -OCH3 is 2. The smallest absolute Gasteiger partial charge is 0.330 e. The van der Waals surface area contributed by atoms with Gasteiger partial charge in [-0.25, -0.2) is 4.79 Å². The number of ether oxygens (including phenoxy) is 7. The quantitative estimate of drug-likeness (QED) is 0.181. The first-order valence-corrected chi connectivity index (χ1v) is 15.1. The number of carbonyl (C=O) groups excluding carboxylic acids is 1. The second-order valence-corrected chi connectivity index (χ2v) is 11.4. The van der Waals surface area contributed by atoms with E-state index in [9.17, 15) is 4.79 Å². The summed E-state index contributed by atoms with van der Waals surface area (Å²) in [4.78, 5) is 13.0. The molecule has 0 saturated heterocycles. The lowest BCUT2D eigenvalue weighted by Gasteiger charge is -2.28. The summed E-state index contributed by atoms with van der Waals surface area (Å²) in [6.07, 6.45) is 21.3. The zero-order chi connectivity index (χ0) is 30.2. The maximum atomic E-state index is 13.0. The monoisotopic (exact) mass is 586 g/mol. The minimum atomic E-state index is -0.612. The molecular weight excluding hydrogens is 536 g/mol. The molecule has 3 rings (SSSR count). The van der Waals surface area contributed by atoms with Gasteiger partial charge in [-0.3, -0.25) is 0 Å². The molecule has 0 aliphatic carbocycles. The lowest BCUT2D eigenvalue weighted by Crippen LogP contribution is -2.33. The number of hydrogen-bond donors (Lipinski definition) is 0. The number of carbonyl (C=O) groups is 1. The van der Waals surface area contributed by atoms with E-state index in [1.54, 1.807) is 14.2 Å². The standard InChI is InChI=1S/C34H50O8/c1-25-17-18-38-30(20-25)15-16-32(40-24-37-5)33-13-7-11-29(39-23-36-4)21-26(2)19-27(3)22-31-12-6-9-28(41-31)10-8-14-34(35)42-33/h6-9,11,14-16,20,27-33H,2,10,12-13,17-19,21-24H2,1,3-5H3/b11-7+,14-8-,16-15+/t27-,28-,29+,30+,31-,32-,33-/m0/s1. The Balaban J connectivity index is 1.84. The average molecular weight is 587 g/mol. The average Bonchev–Trinajstić information content (AvgIpc) is 2.95. The summed E-state index contributed by atoms with van der Waals surface area (Å²) < 4.78 is 40.5. The highest BCUT2D eigenvalue weighted by Crippen LogP contribution is 2.26. The molecule has 0 unspecified atom stereocenters. The molecule has 0 aromatic rings. The van der Waals surface area contributed by atoms with Crippen molar-refractivity contribution in [2.24, 2.45) is 5.92 Å². The van der Waals surface area contributed by atoms with E-state index in [-0.39, 0.29) is 38.0 Å². The summed E-state index contributed by atoms with van der Waals surface area (Å²) in [5.41, 5.74) is 2.39. The number of cyclic esters (lactones) is 1. The molecule has 42 heavy (non-hydrogen) atoms. The van der Waals surface area contributed by atoms with Crippen LogP contribution in [0.2, 0.25) is 0 Å². The van der Waals surface area contributed by atoms with Gasteiger partial charge in [0.15, 0.2) is 0 Å². The molecule has 0 N–H and O–H groups in total. The van der Waals surface area contributed by atoms with Crippen molar-refractivity contribution in [1.29, 1.82) is 0 Å². The van der Waals surface area contributed by atoms with E-state index in [1.807, 2.05) is 30.4 Å². The van der Waals surface area contributed by atoms with Gasteiger partial charge in [-0.1, -0.05) is 73.3 Å². The predicted octanol–water partition coefficient (Wildman–Crippen LogP) is 6.15. The fourth-order valence-electron chi connectivity index (χ4n) is 5.38. The van der Waals surface area contributed by atoms with Crippen molar-refractivity contribution < 1.29 is 38.0 Å². The van der Waals surface area contributed by atoms with Gasteiger partial charge in [0, 0.05) is 26.7 Å². The fraction of sp³-hybridized carbons (Fsp3) is 0.618. The largest absolute Gasteiger partial charge is 0.456 e. The number of rotatable bonds is 9. The highest BCUT2D eigenvalue weighted by molar-refractivity contribution is 5.82. The van der Waals surface area contributed by atoms with E-state index in [0.29, 0.717) is 31.8 Å². The molecule has 8 nitrogen and oxygen atoms in total. The Hall–Kier alpha value is -2.33. The molecule has 3 heterocycles. The molecule has 0 aromatic heterocycles. The van der Waals surface area contributed by atoms with Gasteiger partial charge in [-0.05, 0) is 51.4 Å². The molecule has 0 spiro atoms. The Morgan fingerprint density at radius 3 is 2.67 bits per heavy atom. The van der Waals surface area contributed by atoms with Crippen molar-refractivity contribution in [2.45, 2.75) is 95.4 Å². The van der Waals surface area contributed by atoms with Crippen LogP contribution in [-0.2, 0) is 38.0 Å². The summed E-state index contributed by atoms with van der Waals surface area (Å²) in [5, 5.41) is 0. The first-order chi connectivity index (χ1) is 20.4. The van der Waals surface area contributed by atoms with Crippen LogP contribution in [0.3, 0.4) is 0 Å². The van der Waals surface area contributed by atoms with Gasteiger partial charge in [0.25, 0.3) is 0 Å². The summed E-state index contributed by atoms with van der Waals surface area (Å²) in [5.74, 6) is -0.0168. The van der Waals surface area contributed by atoms with E-state index in [2.05, 4.69) is 38.7 Å². The molecule has 2 bridgehead atoms. The molecule has 3 aliphatic rings. The van der Waals surface area contributed by atoms with Crippen LogP contribution in [0, 0.1) is 5.92 Å². The van der Waals surface area contributed by atoms with Crippen molar-refractivity contribution in [1.82, 2.24) is 0 Å². The summed E-state index contributed by atoms with van der Waals surface area (Å²) in [6, 6.07) is 0. The Morgan fingerprint density at radius 1 is 1.07 bits per heavy atom. The lowest BCUT2D eigenvalue weighted by molar-refractivity contribution is -0.154. The highest BCUT2D eigenvalue weighted by atomic mass is 16.7. The lowest BCUT2D eigenvalue weighted by atomic mass is 9.91. The highest BCUT2D eigenvalue weighted by Gasteiger charge is 2.25. The van der Waals surface area contributed by atoms with Crippen LogP contribution in [0.5, 0.6) is 0 Å². The van der Waals surface area contributed by atoms with E-state index in [4.69, 9.17) is 33.2 Å². The third-order valence-electron chi connectivity index (χ3n) is 7.41. The topological polar surface area (TPSA) is 81.7 Å². The zero-order valence-corrected chi connectivity index (χ0v) is 25.8. The molecule has 0 fully saturated rings. The normalized spacial score (nSPS) is 32.4. The second-order valence-electron chi connectivity index (χ2n) is 11.4. The van der Waals surface area contributed by atoms with Crippen LogP contribution < -0.4 is 0 Å². The number of esters is 1. The van der Waals surface area contributed by atoms with Crippen molar-refractivity contribution in [3.8, 4) is 0 Å². The van der Waals surface area contributed by atoms with Crippen molar-refractivity contribution in [3.63, 3.8) is 0 Å².